The number of aromatic nitrogens is 1. The molecule has 5 rings (SSSR count). The standard InChI is InChI=1S/C24H28N2/c1-17-11-5-7-13-20(17)26-18(2)22-19-12-6-8-14-21(19)25(3)23(22)24(26)15-9-4-10-16-24/h5-8,11-14,18H,4,9-10,15-16H2,1-3H3/t18-/m0/s1. The number of aryl methyl sites for hydroxylation is 2. The van der Waals surface area contributed by atoms with E-state index in [-0.39, 0.29) is 5.54 Å². The predicted octanol–water partition coefficient (Wildman–Crippen LogP) is 6.23. The molecule has 1 aromatic heterocycles. The third-order valence-corrected chi connectivity index (χ3v) is 6.91. The van der Waals surface area contributed by atoms with Gasteiger partial charge in [-0.3, -0.25) is 0 Å². The summed E-state index contributed by atoms with van der Waals surface area (Å²) >= 11 is 0. The fraction of sp³-hybridized carbons (Fsp3) is 0.417. The first kappa shape index (κ1) is 16.0. The summed E-state index contributed by atoms with van der Waals surface area (Å²) < 4.78 is 2.50. The highest BCUT2D eigenvalue weighted by atomic mass is 15.3. The molecule has 0 unspecified atom stereocenters. The van der Waals surface area contributed by atoms with Crippen LogP contribution in [0.25, 0.3) is 10.9 Å². The largest absolute Gasteiger partial charge is 0.353 e. The molecule has 1 fully saturated rings. The maximum atomic E-state index is 2.78. The van der Waals surface area contributed by atoms with Crippen molar-refractivity contribution >= 4 is 16.6 Å². The number of fused-ring (bicyclic) bond motifs is 4. The van der Waals surface area contributed by atoms with Crippen LogP contribution in [-0.4, -0.2) is 4.57 Å². The van der Waals surface area contributed by atoms with Gasteiger partial charge in [-0.15, -0.1) is 0 Å². The molecule has 2 aromatic carbocycles. The molecule has 2 heteroatoms. The minimum atomic E-state index is 0.146. The van der Waals surface area contributed by atoms with Crippen molar-refractivity contribution in [3.05, 3.63) is 65.4 Å². The Morgan fingerprint density at radius 3 is 2.38 bits per heavy atom. The average Bonchev–Trinajstić information content (AvgIpc) is 3.09. The first-order valence-corrected chi connectivity index (χ1v) is 10.1. The summed E-state index contributed by atoms with van der Waals surface area (Å²) in [6, 6.07) is 18.3. The van der Waals surface area contributed by atoms with Crippen molar-refractivity contribution in [3.8, 4) is 0 Å². The van der Waals surface area contributed by atoms with Crippen molar-refractivity contribution in [3.63, 3.8) is 0 Å². The lowest BCUT2D eigenvalue weighted by Gasteiger charge is -2.46. The first-order chi connectivity index (χ1) is 12.6. The van der Waals surface area contributed by atoms with Crippen LogP contribution >= 0.6 is 0 Å². The molecule has 0 bridgehead atoms. The summed E-state index contributed by atoms with van der Waals surface area (Å²) in [6.45, 7) is 4.68. The van der Waals surface area contributed by atoms with Crippen LogP contribution in [0.3, 0.4) is 0 Å². The molecule has 0 radical (unpaired) electrons. The summed E-state index contributed by atoms with van der Waals surface area (Å²) in [5.74, 6) is 0. The molecule has 1 saturated carbocycles. The van der Waals surface area contributed by atoms with Gasteiger partial charge in [-0.25, -0.2) is 0 Å². The fourth-order valence-corrected chi connectivity index (χ4v) is 5.91. The Kier molecular flexibility index (Phi) is 3.47. The second-order valence-corrected chi connectivity index (χ2v) is 8.26. The number of para-hydroxylation sites is 2. The SMILES string of the molecule is Cc1ccccc1N1[C@@H](C)c2c(n(C)c3ccccc23)C12CCCCC2. The van der Waals surface area contributed by atoms with E-state index in [9.17, 15) is 0 Å². The Bertz CT molecular complexity index is 975. The molecular formula is C24H28N2. The third-order valence-electron chi connectivity index (χ3n) is 6.91. The van der Waals surface area contributed by atoms with E-state index >= 15 is 0 Å². The number of nitrogens with zero attached hydrogens (tertiary/aromatic N) is 2. The van der Waals surface area contributed by atoms with Crippen molar-refractivity contribution in [2.24, 2.45) is 7.05 Å². The summed E-state index contributed by atoms with van der Waals surface area (Å²) in [6.07, 6.45) is 6.56. The van der Waals surface area contributed by atoms with Crippen molar-refractivity contribution in [2.75, 3.05) is 4.90 Å². The molecule has 3 aromatic rings. The Labute approximate surface area is 156 Å². The van der Waals surface area contributed by atoms with Crippen LogP contribution in [0.2, 0.25) is 0 Å². The van der Waals surface area contributed by atoms with E-state index in [2.05, 4.69) is 78.9 Å². The Morgan fingerprint density at radius 2 is 1.62 bits per heavy atom. The highest BCUT2D eigenvalue weighted by Gasteiger charge is 2.52. The lowest BCUT2D eigenvalue weighted by Crippen LogP contribution is -2.45. The van der Waals surface area contributed by atoms with Gasteiger partial charge in [0.05, 0.1) is 11.6 Å². The van der Waals surface area contributed by atoms with Crippen LogP contribution in [0.1, 0.15) is 61.9 Å². The molecule has 1 atom stereocenters. The zero-order valence-electron chi connectivity index (χ0n) is 16.1. The summed E-state index contributed by atoms with van der Waals surface area (Å²) in [5.41, 5.74) is 7.48. The highest BCUT2D eigenvalue weighted by molar-refractivity contribution is 5.89. The van der Waals surface area contributed by atoms with E-state index in [4.69, 9.17) is 0 Å². The van der Waals surface area contributed by atoms with Gasteiger partial charge in [-0.1, -0.05) is 55.7 Å². The van der Waals surface area contributed by atoms with Crippen LogP contribution < -0.4 is 4.90 Å². The molecule has 2 aliphatic rings. The molecule has 1 spiro atoms. The number of benzene rings is 2. The van der Waals surface area contributed by atoms with Gasteiger partial charge >= 0.3 is 0 Å². The van der Waals surface area contributed by atoms with Crippen molar-refractivity contribution in [2.45, 2.75) is 57.5 Å². The molecule has 1 aliphatic heterocycles. The van der Waals surface area contributed by atoms with Crippen LogP contribution in [0.15, 0.2) is 48.5 Å². The molecule has 2 nitrogen and oxygen atoms in total. The lowest BCUT2D eigenvalue weighted by molar-refractivity contribution is 0.273. The molecule has 0 saturated heterocycles. The van der Waals surface area contributed by atoms with Gasteiger partial charge < -0.3 is 9.47 Å². The molecule has 1 aliphatic carbocycles. The minimum absolute atomic E-state index is 0.146. The van der Waals surface area contributed by atoms with Crippen LogP contribution in [0.5, 0.6) is 0 Å². The van der Waals surface area contributed by atoms with Gasteiger partial charge in [0.1, 0.15) is 0 Å². The van der Waals surface area contributed by atoms with Crippen LogP contribution in [0, 0.1) is 6.92 Å². The van der Waals surface area contributed by atoms with E-state index in [1.54, 1.807) is 11.3 Å². The number of anilines is 1. The molecule has 2 heterocycles. The second-order valence-electron chi connectivity index (χ2n) is 8.26. The molecule has 134 valence electrons. The number of hydrogen-bond acceptors (Lipinski definition) is 1. The third kappa shape index (κ3) is 1.93. The van der Waals surface area contributed by atoms with Gasteiger partial charge in [0.15, 0.2) is 0 Å². The molecule has 0 amide bonds. The van der Waals surface area contributed by atoms with Crippen molar-refractivity contribution in [1.29, 1.82) is 0 Å². The van der Waals surface area contributed by atoms with E-state index < -0.39 is 0 Å². The Hall–Kier alpha value is -2.22. The molecule has 26 heavy (non-hydrogen) atoms. The smallest absolute Gasteiger partial charge is 0.0814 e. The quantitative estimate of drug-likeness (QED) is 0.508. The van der Waals surface area contributed by atoms with Gasteiger partial charge in [0, 0.05) is 34.9 Å². The number of rotatable bonds is 1. The monoisotopic (exact) mass is 344 g/mol. The summed E-state index contributed by atoms with van der Waals surface area (Å²) in [7, 11) is 2.28. The Morgan fingerprint density at radius 1 is 0.923 bits per heavy atom. The van der Waals surface area contributed by atoms with Crippen LogP contribution in [-0.2, 0) is 12.6 Å². The van der Waals surface area contributed by atoms with E-state index in [1.807, 2.05) is 0 Å². The van der Waals surface area contributed by atoms with Crippen molar-refractivity contribution < 1.29 is 0 Å². The first-order valence-electron chi connectivity index (χ1n) is 10.1. The fourth-order valence-electron chi connectivity index (χ4n) is 5.91. The Balaban J connectivity index is 1.82. The maximum absolute atomic E-state index is 2.78. The van der Waals surface area contributed by atoms with Crippen molar-refractivity contribution in [1.82, 2.24) is 4.57 Å². The van der Waals surface area contributed by atoms with Gasteiger partial charge in [-0.05, 0) is 44.4 Å². The zero-order chi connectivity index (χ0) is 17.9. The number of hydrogen-bond donors (Lipinski definition) is 0. The normalized spacial score (nSPS) is 21.5. The van der Waals surface area contributed by atoms with Gasteiger partial charge in [0.2, 0.25) is 0 Å². The van der Waals surface area contributed by atoms with Crippen LogP contribution in [0.4, 0.5) is 5.69 Å². The van der Waals surface area contributed by atoms with Gasteiger partial charge in [-0.2, -0.15) is 0 Å². The predicted molar refractivity (Wildman–Crippen MR) is 110 cm³/mol. The highest BCUT2D eigenvalue weighted by Crippen LogP contribution is 2.57. The zero-order valence-corrected chi connectivity index (χ0v) is 16.1. The maximum Gasteiger partial charge on any atom is 0.0814 e. The van der Waals surface area contributed by atoms with E-state index in [0.717, 1.165) is 0 Å². The second kappa shape index (κ2) is 5.64. The molecule has 0 N–H and O–H groups in total. The molecular weight excluding hydrogens is 316 g/mol. The summed E-state index contributed by atoms with van der Waals surface area (Å²) in [4.78, 5) is 2.78. The van der Waals surface area contributed by atoms with Gasteiger partial charge in [0.25, 0.3) is 0 Å². The lowest BCUT2D eigenvalue weighted by atomic mass is 9.78. The topological polar surface area (TPSA) is 8.17 Å². The summed E-state index contributed by atoms with van der Waals surface area (Å²) in [5, 5.41) is 1.44. The van der Waals surface area contributed by atoms with E-state index in [0.29, 0.717) is 6.04 Å². The minimum Gasteiger partial charge on any atom is -0.353 e. The van der Waals surface area contributed by atoms with E-state index in [1.165, 1.54) is 54.3 Å². The average molecular weight is 345 g/mol.